The first-order chi connectivity index (χ1) is 16.5. The van der Waals surface area contributed by atoms with Crippen LogP contribution in [0.4, 0.5) is 19.4 Å². The molecule has 34 heavy (non-hydrogen) atoms. The Morgan fingerprint density at radius 3 is 2.38 bits per heavy atom. The molecular weight excluding hydrogens is 436 g/mol. The zero-order valence-electron chi connectivity index (χ0n) is 18.5. The van der Waals surface area contributed by atoms with Crippen molar-refractivity contribution in [3.8, 4) is 16.8 Å². The highest BCUT2D eigenvalue weighted by Gasteiger charge is 2.26. The molecule has 1 aliphatic carbocycles. The fourth-order valence-electron chi connectivity index (χ4n) is 3.94. The topological polar surface area (TPSA) is 56.1 Å². The van der Waals surface area contributed by atoms with Gasteiger partial charge in [0.25, 0.3) is 0 Å². The van der Waals surface area contributed by atoms with E-state index in [-0.39, 0.29) is 11.6 Å². The number of nitrogens with one attached hydrogen (secondary N) is 1. The summed E-state index contributed by atoms with van der Waals surface area (Å²) in [6.07, 6.45) is 1.81. The number of carbonyl (C=O) groups is 1. The van der Waals surface area contributed by atoms with Gasteiger partial charge in [-0.3, -0.25) is 5.32 Å². The predicted molar refractivity (Wildman–Crippen MR) is 126 cm³/mol. The molecule has 1 aromatic heterocycles. The Morgan fingerprint density at radius 2 is 1.71 bits per heavy atom. The lowest BCUT2D eigenvalue weighted by atomic mass is 10.0. The molecule has 1 aliphatic rings. The smallest absolute Gasteiger partial charge is 0.413 e. The number of hydrogen-bond donors (Lipinski definition) is 1. The Kier molecular flexibility index (Phi) is 5.84. The van der Waals surface area contributed by atoms with E-state index < -0.39 is 18.0 Å². The van der Waals surface area contributed by atoms with Gasteiger partial charge in [0.1, 0.15) is 11.9 Å². The summed E-state index contributed by atoms with van der Waals surface area (Å²) in [4.78, 5) is 12.4. The Labute approximate surface area is 196 Å². The van der Waals surface area contributed by atoms with E-state index >= 15 is 0 Å². The van der Waals surface area contributed by atoms with E-state index in [1.54, 1.807) is 37.3 Å². The van der Waals surface area contributed by atoms with E-state index in [1.165, 1.54) is 4.68 Å². The number of carbonyl (C=O) groups excluding carboxylic acids is 1. The number of hydrogen-bond acceptors (Lipinski definition) is 3. The maximum atomic E-state index is 14.4. The minimum Gasteiger partial charge on any atom is -0.441 e. The summed E-state index contributed by atoms with van der Waals surface area (Å²) in [7, 11) is 0. The summed E-state index contributed by atoms with van der Waals surface area (Å²) in [6.45, 7) is 1.74. The number of anilines is 1. The first-order valence-corrected chi connectivity index (χ1v) is 11.2. The van der Waals surface area contributed by atoms with Crippen LogP contribution in [0.15, 0.2) is 79.0 Å². The Bertz CT molecular complexity index is 1320. The lowest BCUT2D eigenvalue weighted by Crippen LogP contribution is -2.19. The monoisotopic (exact) mass is 459 g/mol. The molecule has 1 heterocycles. The number of ether oxygens (including phenoxy) is 1. The highest BCUT2D eigenvalue weighted by Crippen LogP contribution is 2.42. The van der Waals surface area contributed by atoms with Crippen LogP contribution in [-0.4, -0.2) is 15.9 Å². The van der Waals surface area contributed by atoms with E-state index in [1.807, 2.05) is 42.5 Å². The summed E-state index contributed by atoms with van der Waals surface area (Å²) >= 11 is 0. The standard InChI is InChI=1S/C27H23F2N3O2/c1-17(18-5-3-2-4-6-18)34-27(33)31-26-25(29)16-30-32(26)22-12-9-19(10-13-22)21-11-14-23(20-7-8-20)24(28)15-21/h2-6,9-17,20H,7-8H2,1H3,(H,31,33). The van der Waals surface area contributed by atoms with Crippen molar-refractivity contribution < 1.29 is 18.3 Å². The van der Waals surface area contributed by atoms with Gasteiger partial charge in [-0.25, -0.2) is 18.3 Å². The van der Waals surface area contributed by atoms with Gasteiger partial charge >= 0.3 is 6.09 Å². The van der Waals surface area contributed by atoms with E-state index in [4.69, 9.17) is 4.74 Å². The van der Waals surface area contributed by atoms with Crippen molar-refractivity contribution in [2.45, 2.75) is 31.8 Å². The van der Waals surface area contributed by atoms with Crippen LogP contribution in [0.25, 0.3) is 16.8 Å². The van der Waals surface area contributed by atoms with Gasteiger partial charge in [-0.05, 0) is 66.1 Å². The van der Waals surface area contributed by atoms with E-state index in [0.29, 0.717) is 11.6 Å². The number of halogens is 2. The van der Waals surface area contributed by atoms with Crippen molar-refractivity contribution in [1.82, 2.24) is 9.78 Å². The maximum absolute atomic E-state index is 14.4. The number of rotatable bonds is 6. The molecule has 0 bridgehead atoms. The molecule has 1 unspecified atom stereocenters. The van der Waals surface area contributed by atoms with E-state index in [0.717, 1.165) is 41.3 Å². The van der Waals surface area contributed by atoms with E-state index in [2.05, 4.69) is 10.4 Å². The Hall–Kier alpha value is -4.00. The number of nitrogens with zero attached hydrogens (tertiary/aromatic N) is 2. The second-order valence-corrected chi connectivity index (χ2v) is 8.39. The van der Waals surface area contributed by atoms with Crippen LogP contribution in [0.2, 0.25) is 0 Å². The summed E-state index contributed by atoms with van der Waals surface area (Å²) in [5.41, 5.74) is 3.72. The van der Waals surface area contributed by atoms with Crippen LogP contribution in [-0.2, 0) is 4.74 Å². The molecule has 0 saturated heterocycles. The fraction of sp³-hybridized carbons (Fsp3) is 0.185. The molecule has 7 heteroatoms. The molecule has 1 N–H and O–H groups in total. The van der Waals surface area contributed by atoms with Crippen molar-refractivity contribution in [2.75, 3.05) is 5.32 Å². The molecule has 0 radical (unpaired) electrons. The SMILES string of the molecule is CC(OC(=O)Nc1c(F)cnn1-c1ccc(-c2ccc(C3CC3)c(F)c2)cc1)c1ccccc1. The van der Waals surface area contributed by atoms with Gasteiger partial charge in [0, 0.05) is 0 Å². The molecule has 1 atom stereocenters. The Balaban J connectivity index is 1.32. The zero-order chi connectivity index (χ0) is 23.7. The summed E-state index contributed by atoms with van der Waals surface area (Å²) in [5, 5.41) is 6.49. The molecule has 5 nitrogen and oxygen atoms in total. The quantitative estimate of drug-likeness (QED) is 0.338. The normalized spacial score (nSPS) is 14.0. The van der Waals surface area contributed by atoms with Gasteiger partial charge < -0.3 is 4.74 Å². The van der Waals surface area contributed by atoms with Gasteiger partial charge in [-0.15, -0.1) is 0 Å². The first-order valence-electron chi connectivity index (χ1n) is 11.2. The number of amides is 1. The second-order valence-electron chi connectivity index (χ2n) is 8.39. The van der Waals surface area contributed by atoms with Crippen molar-refractivity contribution in [1.29, 1.82) is 0 Å². The first kappa shape index (κ1) is 21.8. The molecule has 0 spiro atoms. The predicted octanol–water partition coefficient (Wildman–Crippen LogP) is 7.00. The summed E-state index contributed by atoms with van der Waals surface area (Å²) < 4.78 is 35.5. The molecule has 1 fully saturated rings. The number of aromatic nitrogens is 2. The third kappa shape index (κ3) is 4.55. The van der Waals surface area contributed by atoms with Crippen LogP contribution < -0.4 is 5.32 Å². The third-order valence-corrected chi connectivity index (χ3v) is 5.96. The van der Waals surface area contributed by atoms with Crippen LogP contribution in [0.1, 0.15) is 42.9 Å². The lowest BCUT2D eigenvalue weighted by molar-refractivity contribution is 0.121. The van der Waals surface area contributed by atoms with Crippen LogP contribution in [0.5, 0.6) is 0 Å². The van der Waals surface area contributed by atoms with Crippen molar-refractivity contribution in [2.24, 2.45) is 0 Å². The van der Waals surface area contributed by atoms with Gasteiger partial charge in [-0.2, -0.15) is 5.10 Å². The third-order valence-electron chi connectivity index (χ3n) is 5.96. The fourth-order valence-corrected chi connectivity index (χ4v) is 3.94. The molecule has 1 saturated carbocycles. The molecular formula is C27H23F2N3O2. The second kappa shape index (κ2) is 9.09. The molecule has 4 aromatic rings. The van der Waals surface area contributed by atoms with Gasteiger partial charge in [-0.1, -0.05) is 54.6 Å². The number of benzene rings is 3. The minimum absolute atomic E-state index is 0.127. The summed E-state index contributed by atoms with van der Waals surface area (Å²) in [5.74, 6) is -0.656. The van der Waals surface area contributed by atoms with Crippen molar-refractivity contribution in [3.05, 3.63) is 102 Å². The van der Waals surface area contributed by atoms with Crippen LogP contribution in [0, 0.1) is 11.6 Å². The zero-order valence-corrected chi connectivity index (χ0v) is 18.5. The maximum Gasteiger partial charge on any atom is 0.413 e. The molecule has 3 aromatic carbocycles. The Morgan fingerprint density at radius 1 is 1.00 bits per heavy atom. The molecule has 5 rings (SSSR count). The highest BCUT2D eigenvalue weighted by molar-refractivity contribution is 5.84. The van der Waals surface area contributed by atoms with Gasteiger partial charge in [0.2, 0.25) is 0 Å². The lowest BCUT2D eigenvalue weighted by Gasteiger charge is -2.15. The van der Waals surface area contributed by atoms with Crippen molar-refractivity contribution >= 4 is 11.9 Å². The van der Waals surface area contributed by atoms with Gasteiger partial charge in [0.15, 0.2) is 11.6 Å². The van der Waals surface area contributed by atoms with Gasteiger partial charge in [0.05, 0.1) is 11.9 Å². The highest BCUT2D eigenvalue weighted by atomic mass is 19.1. The van der Waals surface area contributed by atoms with Crippen LogP contribution in [0.3, 0.4) is 0 Å². The average molecular weight is 459 g/mol. The largest absolute Gasteiger partial charge is 0.441 e. The summed E-state index contributed by atoms with van der Waals surface area (Å²) in [6, 6.07) is 21.6. The average Bonchev–Trinajstić information content (AvgIpc) is 3.63. The van der Waals surface area contributed by atoms with Crippen molar-refractivity contribution in [3.63, 3.8) is 0 Å². The molecule has 172 valence electrons. The molecule has 1 amide bonds. The van der Waals surface area contributed by atoms with E-state index in [9.17, 15) is 13.6 Å². The minimum atomic E-state index is -0.792. The van der Waals surface area contributed by atoms with Crippen LogP contribution >= 0.6 is 0 Å². The molecule has 0 aliphatic heterocycles.